The van der Waals surface area contributed by atoms with Crippen LogP contribution in [0.4, 0.5) is 10.5 Å². The van der Waals surface area contributed by atoms with Crippen molar-refractivity contribution in [1.29, 1.82) is 0 Å². The van der Waals surface area contributed by atoms with Gasteiger partial charge in [-0.25, -0.2) is 4.79 Å². The first-order valence-corrected chi connectivity index (χ1v) is 4.63. The van der Waals surface area contributed by atoms with Gasteiger partial charge in [0.2, 0.25) is 0 Å². The Bertz CT molecular complexity index is 324. The van der Waals surface area contributed by atoms with Gasteiger partial charge >= 0.3 is 6.03 Å². The summed E-state index contributed by atoms with van der Waals surface area (Å²) in [6.07, 6.45) is 0. The second-order valence-electron chi connectivity index (χ2n) is 3.45. The Morgan fingerprint density at radius 1 is 1.14 bits per heavy atom. The third-order valence-electron chi connectivity index (χ3n) is 2.43. The molecule has 1 aromatic rings. The lowest BCUT2D eigenvalue weighted by atomic mass is 9.98. The lowest BCUT2D eigenvalue weighted by Gasteiger charge is -2.23. The van der Waals surface area contributed by atoms with E-state index < -0.39 is 0 Å². The summed E-state index contributed by atoms with van der Waals surface area (Å²) in [6, 6.07) is 7.67. The van der Waals surface area contributed by atoms with Crippen LogP contribution in [0, 0.1) is 0 Å². The van der Waals surface area contributed by atoms with Gasteiger partial charge in [0.15, 0.2) is 0 Å². The number of nitrogens with one attached hydrogen (secondary N) is 2. The second kappa shape index (κ2) is 3.57. The van der Waals surface area contributed by atoms with Crippen LogP contribution in [-0.2, 0) is 0 Å². The summed E-state index contributed by atoms with van der Waals surface area (Å²) in [5.74, 6) is 0.341. The van der Waals surface area contributed by atoms with Crippen LogP contribution in [0.25, 0.3) is 0 Å². The van der Waals surface area contributed by atoms with Crippen molar-refractivity contribution in [3.05, 3.63) is 29.8 Å². The Morgan fingerprint density at radius 3 is 2.29 bits per heavy atom. The molecule has 0 spiro atoms. The zero-order valence-corrected chi connectivity index (χ0v) is 7.79. The largest absolute Gasteiger partial charge is 0.399 e. The van der Waals surface area contributed by atoms with Crippen LogP contribution in [0.3, 0.4) is 0 Å². The molecule has 1 fully saturated rings. The Labute approximate surface area is 82.5 Å². The Balaban J connectivity index is 2.08. The van der Waals surface area contributed by atoms with Crippen LogP contribution >= 0.6 is 0 Å². The molecule has 2 amide bonds. The number of benzene rings is 1. The van der Waals surface area contributed by atoms with Crippen molar-refractivity contribution >= 4 is 11.7 Å². The fraction of sp³-hybridized carbons (Fsp3) is 0.300. The molecule has 0 atom stereocenters. The molecule has 0 unspecified atom stereocenters. The molecular weight excluding hydrogens is 178 g/mol. The van der Waals surface area contributed by atoms with Gasteiger partial charge < -0.3 is 16.4 Å². The monoisotopic (exact) mass is 191 g/mol. The van der Waals surface area contributed by atoms with E-state index in [1.807, 2.05) is 24.3 Å². The quantitative estimate of drug-likeness (QED) is 0.571. The number of rotatable bonds is 1. The van der Waals surface area contributed by atoms with Gasteiger partial charge in [0, 0.05) is 24.7 Å². The number of nitrogens with two attached hydrogens (primary N) is 1. The molecular formula is C10H13N3O. The summed E-state index contributed by atoms with van der Waals surface area (Å²) in [7, 11) is 0. The molecule has 1 saturated heterocycles. The fourth-order valence-electron chi connectivity index (χ4n) is 1.57. The molecule has 1 aliphatic heterocycles. The van der Waals surface area contributed by atoms with Crippen molar-refractivity contribution in [3.63, 3.8) is 0 Å². The third-order valence-corrected chi connectivity index (χ3v) is 2.43. The van der Waals surface area contributed by atoms with E-state index in [-0.39, 0.29) is 6.03 Å². The number of hydrogen-bond donors (Lipinski definition) is 3. The van der Waals surface area contributed by atoms with Crippen LogP contribution < -0.4 is 16.4 Å². The molecule has 0 bridgehead atoms. The Kier molecular flexibility index (Phi) is 2.26. The zero-order chi connectivity index (χ0) is 9.97. The highest BCUT2D eigenvalue weighted by Crippen LogP contribution is 2.17. The number of urea groups is 1. The molecule has 0 radical (unpaired) electrons. The number of hydrogen-bond acceptors (Lipinski definition) is 2. The van der Waals surface area contributed by atoms with Crippen LogP contribution in [-0.4, -0.2) is 19.1 Å². The van der Waals surface area contributed by atoms with Gasteiger partial charge in [0.25, 0.3) is 0 Å². The zero-order valence-electron chi connectivity index (χ0n) is 7.79. The highest BCUT2D eigenvalue weighted by Gasteiger charge is 2.18. The van der Waals surface area contributed by atoms with Crippen molar-refractivity contribution in [3.8, 4) is 0 Å². The van der Waals surface area contributed by atoms with Gasteiger partial charge in [-0.15, -0.1) is 0 Å². The number of anilines is 1. The summed E-state index contributed by atoms with van der Waals surface area (Å²) in [4.78, 5) is 10.9. The van der Waals surface area contributed by atoms with E-state index in [4.69, 9.17) is 5.73 Å². The molecule has 0 saturated carbocycles. The van der Waals surface area contributed by atoms with Gasteiger partial charge in [0.05, 0.1) is 0 Å². The average molecular weight is 191 g/mol. The highest BCUT2D eigenvalue weighted by molar-refractivity contribution is 5.74. The normalized spacial score (nSPS) is 17.3. The standard InChI is InChI=1S/C10H13N3O/c11-9-3-1-7(2-4-9)8-5-12-10(14)13-6-8/h1-4,8H,5-6,11H2,(H2,12,13,14). The highest BCUT2D eigenvalue weighted by atomic mass is 16.2. The van der Waals surface area contributed by atoms with Gasteiger partial charge in [-0.1, -0.05) is 12.1 Å². The number of amides is 2. The Hall–Kier alpha value is -1.71. The van der Waals surface area contributed by atoms with Crippen molar-refractivity contribution in [2.75, 3.05) is 18.8 Å². The van der Waals surface area contributed by atoms with Crippen molar-refractivity contribution in [2.45, 2.75) is 5.92 Å². The van der Waals surface area contributed by atoms with Crippen molar-refractivity contribution in [2.24, 2.45) is 0 Å². The molecule has 74 valence electrons. The first-order chi connectivity index (χ1) is 6.75. The maximum absolute atomic E-state index is 10.9. The topological polar surface area (TPSA) is 67.1 Å². The maximum Gasteiger partial charge on any atom is 0.314 e. The van der Waals surface area contributed by atoms with Gasteiger partial charge in [-0.2, -0.15) is 0 Å². The summed E-state index contributed by atoms with van der Waals surface area (Å²) < 4.78 is 0. The van der Waals surface area contributed by atoms with Gasteiger partial charge in [-0.05, 0) is 17.7 Å². The molecule has 0 aliphatic carbocycles. The minimum absolute atomic E-state index is 0.0864. The van der Waals surface area contributed by atoms with Gasteiger partial charge in [-0.3, -0.25) is 0 Å². The SMILES string of the molecule is Nc1ccc(C2CNC(=O)NC2)cc1. The predicted molar refractivity (Wildman–Crippen MR) is 55.0 cm³/mol. The van der Waals surface area contributed by atoms with E-state index in [1.54, 1.807) is 0 Å². The number of nitrogen functional groups attached to an aromatic ring is 1. The summed E-state index contributed by atoms with van der Waals surface area (Å²) in [6.45, 7) is 1.38. The average Bonchev–Trinajstić information content (AvgIpc) is 2.21. The molecule has 0 aromatic heterocycles. The van der Waals surface area contributed by atoms with E-state index in [1.165, 1.54) is 5.56 Å². The van der Waals surface area contributed by atoms with Gasteiger partial charge in [0.1, 0.15) is 0 Å². The molecule has 2 rings (SSSR count). The molecule has 4 N–H and O–H groups in total. The lowest BCUT2D eigenvalue weighted by Crippen LogP contribution is -2.47. The number of carbonyl (C=O) groups is 1. The molecule has 1 heterocycles. The second-order valence-corrected chi connectivity index (χ2v) is 3.45. The fourth-order valence-corrected chi connectivity index (χ4v) is 1.57. The van der Waals surface area contributed by atoms with Crippen LogP contribution in [0.5, 0.6) is 0 Å². The smallest absolute Gasteiger partial charge is 0.314 e. The minimum Gasteiger partial charge on any atom is -0.399 e. The van der Waals surface area contributed by atoms with E-state index in [0.717, 1.165) is 5.69 Å². The summed E-state index contributed by atoms with van der Waals surface area (Å²) in [5, 5.41) is 5.53. The maximum atomic E-state index is 10.9. The molecule has 1 aliphatic rings. The molecule has 14 heavy (non-hydrogen) atoms. The Morgan fingerprint density at radius 2 is 1.71 bits per heavy atom. The molecule has 4 nitrogen and oxygen atoms in total. The van der Waals surface area contributed by atoms with E-state index in [9.17, 15) is 4.79 Å². The van der Waals surface area contributed by atoms with E-state index >= 15 is 0 Å². The first-order valence-electron chi connectivity index (χ1n) is 4.63. The number of carbonyl (C=O) groups excluding carboxylic acids is 1. The van der Waals surface area contributed by atoms with Crippen LogP contribution in [0.15, 0.2) is 24.3 Å². The van der Waals surface area contributed by atoms with E-state index in [0.29, 0.717) is 19.0 Å². The third kappa shape index (κ3) is 1.79. The lowest BCUT2D eigenvalue weighted by molar-refractivity contribution is 0.234. The predicted octanol–water partition coefficient (Wildman–Crippen LogP) is 0.665. The summed E-state index contributed by atoms with van der Waals surface area (Å²) >= 11 is 0. The van der Waals surface area contributed by atoms with E-state index in [2.05, 4.69) is 10.6 Å². The van der Waals surface area contributed by atoms with Crippen molar-refractivity contribution < 1.29 is 4.79 Å². The van der Waals surface area contributed by atoms with Crippen LogP contribution in [0.2, 0.25) is 0 Å². The molecule has 1 aromatic carbocycles. The van der Waals surface area contributed by atoms with Crippen molar-refractivity contribution in [1.82, 2.24) is 10.6 Å². The summed E-state index contributed by atoms with van der Waals surface area (Å²) in [5.41, 5.74) is 7.56. The minimum atomic E-state index is -0.0864. The molecule has 4 heteroatoms. The van der Waals surface area contributed by atoms with Crippen LogP contribution in [0.1, 0.15) is 11.5 Å². The first kappa shape index (κ1) is 8.87.